The highest BCUT2D eigenvalue weighted by Gasteiger charge is 2.25. The summed E-state index contributed by atoms with van der Waals surface area (Å²) in [5, 5.41) is 5.63. The maximum Gasteiger partial charge on any atom is 0.254 e. The zero-order valence-corrected chi connectivity index (χ0v) is 19.7. The fourth-order valence-corrected chi connectivity index (χ4v) is 4.80. The molecule has 0 saturated heterocycles. The van der Waals surface area contributed by atoms with Gasteiger partial charge in [-0.15, -0.1) is 0 Å². The summed E-state index contributed by atoms with van der Waals surface area (Å²) < 4.78 is 7.57. The number of aromatic nitrogens is 4. The van der Waals surface area contributed by atoms with Gasteiger partial charge in [-0.05, 0) is 29.3 Å². The maximum absolute atomic E-state index is 12.4. The molecule has 1 aliphatic rings. The number of fused-ring (bicyclic) bond motifs is 2. The molecule has 3 heterocycles. The predicted molar refractivity (Wildman–Crippen MR) is 135 cm³/mol. The lowest BCUT2D eigenvalue weighted by molar-refractivity contribution is 0.0816. The Morgan fingerprint density at radius 2 is 1.69 bits per heavy atom. The van der Waals surface area contributed by atoms with Gasteiger partial charge < -0.3 is 9.64 Å². The number of hydrogen-bond acceptors (Lipinski definition) is 5. The number of methoxy groups -OCH3 is 1. The second-order valence-electron chi connectivity index (χ2n) is 8.76. The molecule has 5 aromatic rings. The largest absolute Gasteiger partial charge is 0.496 e. The van der Waals surface area contributed by atoms with Crippen molar-refractivity contribution in [3.8, 4) is 39.4 Å². The number of amides is 1. The monoisotopic (exact) mass is 461 g/mol. The maximum atomic E-state index is 12.4. The van der Waals surface area contributed by atoms with E-state index in [0.717, 1.165) is 55.7 Å². The molecule has 0 N–H and O–H groups in total. The molecular weight excluding hydrogens is 438 g/mol. The van der Waals surface area contributed by atoms with Gasteiger partial charge in [0.2, 0.25) is 0 Å². The van der Waals surface area contributed by atoms with Gasteiger partial charge in [-0.1, -0.05) is 36.4 Å². The van der Waals surface area contributed by atoms with Crippen molar-refractivity contribution >= 4 is 16.8 Å². The van der Waals surface area contributed by atoms with Gasteiger partial charge in [-0.25, -0.2) is 9.97 Å². The summed E-state index contributed by atoms with van der Waals surface area (Å²) >= 11 is 0. The predicted octanol–water partition coefficient (Wildman–Crippen LogP) is 4.96. The fraction of sp³-hybridized carbons (Fsp3) is 0.143. The summed E-state index contributed by atoms with van der Waals surface area (Å²) in [6, 6.07) is 20.1. The van der Waals surface area contributed by atoms with Crippen LogP contribution in [0.25, 0.3) is 44.5 Å². The van der Waals surface area contributed by atoms with Gasteiger partial charge in [0.1, 0.15) is 17.8 Å². The standard InChI is InChI=1S/C28H23N5O2/c1-32-14-19-11-18(9-10-20(19)28(32)34)21-12-22-24(13-25(21)35-3)29-16-30-27(22)23-15-33(2)31-26(23)17-7-5-4-6-8-17/h4-13,15-16H,14H2,1-3H3. The molecule has 0 bridgehead atoms. The number of carbonyl (C=O) groups excluding carboxylic acids is 1. The zero-order chi connectivity index (χ0) is 24.1. The highest BCUT2D eigenvalue weighted by Crippen LogP contribution is 2.39. The first kappa shape index (κ1) is 21.0. The van der Waals surface area contributed by atoms with Crippen molar-refractivity contribution in [2.24, 2.45) is 7.05 Å². The Morgan fingerprint density at radius 1 is 0.857 bits per heavy atom. The van der Waals surface area contributed by atoms with Gasteiger partial charge in [0.15, 0.2) is 0 Å². The third-order valence-corrected chi connectivity index (χ3v) is 6.49. The van der Waals surface area contributed by atoms with Crippen molar-refractivity contribution < 1.29 is 9.53 Å². The Kier molecular flexibility index (Phi) is 4.84. The number of ether oxygens (including phenoxy) is 1. The second-order valence-corrected chi connectivity index (χ2v) is 8.76. The van der Waals surface area contributed by atoms with Crippen molar-refractivity contribution in [1.29, 1.82) is 0 Å². The summed E-state index contributed by atoms with van der Waals surface area (Å²) in [6.07, 6.45) is 3.57. The zero-order valence-electron chi connectivity index (χ0n) is 19.7. The van der Waals surface area contributed by atoms with E-state index in [2.05, 4.69) is 22.1 Å². The summed E-state index contributed by atoms with van der Waals surface area (Å²) in [7, 11) is 5.39. The summed E-state index contributed by atoms with van der Waals surface area (Å²) in [4.78, 5) is 23.3. The van der Waals surface area contributed by atoms with Crippen LogP contribution in [0.4, 0.5) is 0 Å². The van der Waals surface area contributed by atoms with E-state index in [4.69, 9.17) is 9.84 Å². The van der Waals surface area contributed by atoms with Gasteiger partial charge in [-0.3, -0.25) is 9.48 Å². The second kappa shape index (κ2) is 8.06. The van der Waals surface area contributed by atoms with Crippen LogP contribution in [0.5, 0.6) is 5.75 Å². The Bertz CT molecular complexity index is 1610. The number of rotatable bonds is 4. The van der Waals surface area contributed by atoms with Crippen LogP contribution in [-0.4, -0.2) is 44.7 Å². The van der Waals surface area contributed by atoms with E-state index < -0.39 is 0 Å². The SMILES string of the molecule is COc1cc2ncnc(-c3cn(C)nc3-c3ccccc3)c2cc1-c1ccc2c(c1)CN(C)C2=O. The van der Waals surface area contributed by atoms with Crippen molar-refractivity contribution in [2.45, 2.75) is 6.54 Å². The molecule has 172 valence electrons. The van der Waals surface area contributed by atoms with Gasteiger partial charge in [0, 0.05) is 60.5 Å². The first-order chi connectivity index (χ1) is 17.0. The lowest BCUT2D eigenvalue weighted by Gasteiger charge is -2.13. The molecule has 3 aromatic carbocycles. The van der Waals surface area contributed by atoms with Crippen LogP contribution in [-0.2, 0) is 13.6 Å². The third-order valence-electron chi connectivity index (χ3n) is 6.49. The summed E-state index contributed by atoms with van der Waals surface area (Å²) in [5.74, 6) is 0.770. The Labute approximate surface area is 202 Å². The first-order valence-electron chi connectivity index (χ1n) is 11.3. The highest BCUT2D eigenvalue weighted by molar-refractivity contribution is 6.01. The molecule has 7 nitrogen and oxygen atoms in total. The number of carbonyl (C=O) groups is 1. The average Bonchev–Trinajstić information content (AvgIpc) is 3.41. The van der Waals surface area contributed by atoms with E-state index in [1.807, 2.05) is 73.5 Å². The van der Waals surface area contributed by atoms with Crippen LogP contribution in [0.1, 0.15) is 15.9 Å². The van der Waals surface area contributed by atoms with E-state index in [9.17, 15) is 4.79 Å². The van der Waals surface area contributed by atoms with Crippen LogP contribution in [0.3, 0.4) is 0 Å². The van der Waals surface area contributed by atoms with E-state index >= 15 is 0 Å². The highest BCUT2D eigenvalue weighted by atomic mass is 16.5. The number of aryl methyl sites for hydroxylation is 1. The minimum atomic E-state index is 0.0535. The van der Waals surface area contributed by atoms with Gasteiger partial charge >= 0.3 is 0 Å². The van der Waals surface area contributed by atoms with E-state index in [1.165, 1.54) is 0 Å². The molecule has 35 heavy (non-hydrogen) atoms. The van der Waals surface area contributed by atoms with Crippen molar-refractivity contribution in [2.75, 3.05) is 14.2 Å². The number of benzene rings is 3. The molecule has 1 amide bonds. The van der Waals surface area contributed by atoms with Crippen LogP contribution in [0.15, 0.2) is 73.2 Å². The quantitative estimate of drug-likeness (QED) is 0.378. The molecule has 0 spiro atoms. The molecule has 0 fully saturated rings. The Morgan fingerprint density at radius 3 is 2.49 bits per heavy atom. The van der Waals surface area contributed by atoms with Gasteiger partial charge in [0.25, 0.3) is 5.91 Å². The van der Waals surface area contributed by atoms with Gasteiger partial charge in [-0.2, -0.15) is 5.10 Å². The van der Waals surface area contributed by atoms with Crippen LogP contribution in [0.2, 0.25) is 0 Å². The molecule has 6 rings (SSSR count). The van der Waals surface area contributed by atoms with Crippen LogP contribution < -0.4 is 4.74 Å². The molecule has 0 saturated carbocycles. The van der Waals surface area contributed by atoms with Crippen molar-refractivity contribution in [1.82, 2.24) is 24.6 Å². The summed E-state index contributed by atoms with van der Waals surface area (Å²) in [6.45, 7) is 0.600. The average molecular weight is 462 g/mol. The Hall–Kier alpha value is -4.52. The molecule has 2 aromatic heterocycles. The topological polar surface area (TPSA) is 73.1 Å². The first-order valence-corrected chi connectivity index (χ1v) is 11.3. The number of hydrogen-bond donors (Lipinski definition) is 0. The number of nitrogens with zero attached hydrogens (tertiary/aromatic N) is 5. The minimum absolute atomic E-state index is 0.0535. The third kappa shape index (κ3) is 3.44. The lowest BCUT2D eigenvalue weighted by Crippen LogP contribution is -2.17. The summed E-state index contributed by atoms with van der Waals surface area (Å²) in [5.41, 5.74) is 8.09. The molecule has 0 atom stereocenters. The molecule has 7 heteroatoms. The van der Waals surface area contributed by atoms with Crippen molar-refractivity contribution in [3.05, 3.63) is 84.3 Å². The molecule has 1 aliphatic heterocycles. The van der Waals surface area contributed by atoms with Crippen LogP contribution in [0, 0.1) is 0 Å². The fourth-order valence-electron chi connectivity index (χ4n) is 4.80. The molecular formula is C28H23N5O2. The van der Waals surface area contributed by atoms with E-state index in [1.54, 1.807) is 18.3 Å². The van der Waals surface area contributed by atoms with E-state index in [-0.39, 0.29) is 5.91 Å². The normalized spacial score (nSPS) is 12.9. The van der Waals surface area contributed by atoms with Crippen LogP contribution >= 0.6 is 0 Å². The minimum Gasteiger partial charge on any atom is -0.496 e. The molecule has 0 unspecified atom stereocenters. The van der Waals surface area contributed by atoms with E-state index in [0.29, 0.717) is 12.3 Å². The van der Waals surface area contributed by atoms with Crippen molar-refractivity contribution in [3.63, 3.8) is 0 Å². The Balaban J connectivity index is 1.56. The van der Waals surface area contributed by atoms with Gasteiger partial charge in [0.05, 0.1) is 18.3 Å². The lowest BCUT2D eigenvalue weighted by atomic mass is 9.96. The molecule has 0 radical (unpaired) electrons. The smallest absolute Gasteiger partial charge is 0.254 e. The molecule has 0 aliphatic carbocycles.